The molecule has 0 saturated carbocycles. The summed E-state index contributed by atoms with van der Waals surface area (Å²) in [6, 6.07) is 4.27. The average molecular weight is 243 g/mol. The van der Waals surface area contributed by atoms with Crippen LogP contribution in [0.2, 0.25) is 0 Å². The van der Waals surface area contributed by atoms with E-state index in [1.165, 1.54) is 12.1 Å². The molecule has 2 unspecified atom stereocenters. The first-order valence-electron chi connectivity index (χ1n) is 5.18. The average Bonchev–Trinajstić information content (AvgIpc) is 2.70. The van der Waals surface area contributed by atoms with Gasteiger partial charge in [-0.2, -0.15) is 0 Å². The summed E-state index contributed by atoms with van der Waals surface area (Å²) in [4.78, 5) is 0.237. The van der Waals surface area contributed by atoms with E-state index in [2.05, 4.69) is 0 Å². The summed E-state index contributed by atoms with van der Waals surface area (Å²) >= 11 is 0. The number of anilines is 1. The topological polar surface area (TPSA) is 52.3 Å². The molecule has 1 saturated heterocycles. The zero-order valence-corrected chi connectivity index (χ0v) is 9.63. The summed E-state index contributed by atoms with van der Waals surface area (Å²) in [6.45, 7) is 1.34. The summed E-state index contributed by atoms with van der Waals surface area (Å²) in [5, 5.41) is 0. The number of halogens is 1. The highest BCUT2D eigenvalue weighted by atomic mass is 32.2. The van der Waals surface area contributed by atoms with Crippen molar-refractivity contribution in [1.82, 2.24) is 0 Å². The molecule has 1 heterocycles. The van der Waals surface area contributed by atoms with Crippen molar-refractivity contribution < 1.29 is 13.3 Å². The Labute approximate surface area is 96.2 Å². The third-order valence-electron chi connectivity index (χ3n) is 2.61. The fraction of sp³-hybridized carbons (Fsp3) is 0.455. The Morgan fingerprint density at radius 2 is 2.38 bits per heavy atom. The molecule has 88 valence electrons. The number of ether oxygens (including phenoxy) is 1. The van der Waals surface area contributed by atoms with Crippen LogP contribution in [0.25, 0.3) is 0 Å². The van der Waals surface area contributed by atoms with Crippen LogP contribution < -0.4 is 5.73 Å². The second-order valence-corrected chi connectivity index (χ2v) is 5.40. The SMILES string of the molecule is Nc1ccc(S(=O)CC2CCOC2)c(F)c1. The molecule has 0 aliphatic carbocycles. The van der Waals surface area contributed by atoms with Crippen LogP contribution in [0.3, 0.4) is 0 Å². The highest BCUT2D eigenvalue weighted by Crippen LogP contribution is 2.20. The normalized spacial score (nSPS) is 22.2. The molecule has 0 amide bonds. The van der Waals surface area contributed by atoms with E-state index in [0.29, 0.717) is 24.7 Å². The Hall–Kier alpha value is -0.940. The largest absolute Gasteiger partial charge is 0.399 e. The fourth-order valence-electron chi connectivity index (χ4n) is 1.72. The maximum absolute atomic E-state index is 13.5. The monoisotopic (exact) mass is 243 g/mol. The Morgan fingerprint density at radius 3 is 3.00 bits per heavy atom. The standard InChI is InChI=1S/C11H14FNO2S/c12-10-5-9(13)1-2-11(10)16(14)7-8-3-4-15-6-8/h1-2,5,8H,3-4,6-7,13H2. The minimum absolute atomic E-state index is 0.237. The first kappa shape index (κ1) is 11.5. The highest BCUT2D eigenvalue weighted by molar-refractivity contribution is 7.85. The lowest BCUT2D eigenvalue weighted by Gasteiger charge is -2.08. The summed E-state index contributed by atoms with van der Waals surface area (Å²) in [5.74, 6) is 0.246. The van der Waals surface area contributed by atoms with E-state index in [9.17, 15) is 8.60 Å². The number of benzene rings is 1. The van der Waals surface area contributed by atoms with Crippen molar-refractivity contribution in [1.29, 1.82) is 0 Å². The van der Waals surface area contributed by atoms with Crippen LogP contribution in [0.5, 0.6) is 0 Å². The molecule has 1 aliphatic heterocycles. The molecule has 0 bridgehead atoms. The van der Waals surface area contributed by atoms with Crippen molar-refractivity contribution >= 4 is 16.5 Å². The third kappa shape index (κ3) is 2.59. The second kappa shape index (κ2) is 4.93. The van der Waals surface area contributed by atoms with Crippen molar-refractivity contribution in [2.24, 2.45) is 5.92 Å². The van der Waals surface area contributed by atoms with E-state index < -0.39 is 16.6 Å². The number of nitrogen functional groups attached to an aromatic ring is 1. The van der Waals surface area contributed by atoms with Crippen molar-refractivity contribution in [3.63, 3.8) is 0 Å². The molecule has 0 aromatic heterocycles. The quantitative estimate of drug-likeness (QED) is 0.819. The zero-order chi connectivity index (χ0) is 11.5. The van der Waals surface area contributed by atoms with Gasteiger partial charge in [0.1, 0.15) is 5.82 Å². The number of rotatable bonds is 3. The molecule has 1 fully saturated rings. The maximum atomic E-state index is 13.5. The van der Waals surface area contributed by atoms with Crippen molar-refractivity contribution in [3.05, 3.63) is 24.0 Å². The lowest BCUT2D eigenvalue weighted by Crippen LogP contribution is -2.12. The van der Waals surface area contributed by atoms with Crippen molar-refractivity contribution in [2.75, 3.05) is 24.7 Å². The van der Waals surface area contributed by atoms with Gasteiger partial charge in [-0.3, -0.25) is 4.21 Å². The number of hydrogen-bond acceptors (Lipinski definition) is 3. The van der Waals surface area contributed by atoms with Crippen LogP contribution in [0.1, 0.15) is 6.42 Å². The van der Waals surface area contributed by atoms with E-state index in [1.807, 2.05) is 0 Å². The molecule has 2 rings (SSSR count). The number of hydrogen-bond donors (Lipinski definition) is 1. The van der Waals surface area contributed by atoms with Gasteiger partial charge in [-0.1, -0.05) is 0 Å². The first-order valence-corrected chi connectivity index (χ1v) is 6.50. The van der Waals surface area contributed by atoms with Gasteiger partial charge in [0, 0.05) is 18.0 Å². The second-order valence-electron chi connectivity index (χ2n) is 3.93. The van der Waals surface area contributed by atoms with Gasteiger partial charge in [-0.05, 0) is 30.5 Å². The molecule has 16 heavy (non-hydrogen) atoms. The minimum atomic E-state index is -1.30. The molecule has 2 atom stereocenters. The fourth-order valence-corrected chi connectivity index (χ4v) is 3.09. The van der Waals surface area contributed by atoms with E-state index in [1.54, 1.807) is 6.07 Å². The summed E-state index contributed by atoms with van der Waals surface area (Å²) in [5.41, 5.74) is 5.78. The molecular formula is C11H14FNO2S. The molecule has 2 N–H and O–H groups in total. The molecule has 0 spiro atoms. The van der Waals surface area contributed by atoms with Crippen LogP contribution in [0, 0.1) is 11.7 Å². The van der Waals surface area contributed by atoms with E-state index in [0.717, 1.165) is 6.42 Å². The molecule has 3 nitrogen and oxygen atoms in total. The molecule has 0 radical (unpaired) electrons. The first-order chi connectivity index (χ1) is 7.66. The Balaban J connectivity index is 2.08. The van der Waals surface area contributed by atoms with Crippen LogP contribution in [0.4, 0.5) is 10.1 Å². The molecule has 5 heteroatoms. The lowest BCUT2D eigenvalue weighted by atomic mass is 10.2. The summed E-state index contributed by atoms with van der Waals surface area (Å²) in [6.07, 6.45) is 0.905. The maximum Gasteiger partial charge on any atom is 0.141 e. The Kier molecular flexibility index (Phi) is 3.56. The molecular weight excluding hydrogens is 229 g/mol. The minimum Gasteiger partial charge on any atom is -0.399 e. The summed E-state index contributed by atoms with van der Waals surface area (Å²) < 4.78 is 30.6. The van der Waals surface area contributed by atoms with Gasteiger partial charge in [-0.25, -0.2) is 4.39 Å². The molecule has 1 aliphatic rings. The Bertz CT molecular complexity index is 405. The molecule has 1 aromatic rings. The zero-order valence-electron chi connectivity index (χ0n) is 8.82. The third-order valence-corrected chi connectivity index (χ3v) is 4.21. The van der Waals surface area contributed by atoms with Gasteiger partial charge in [0.05, 0.1) is 22.3 Å². The van der Waals surface area contributed by atoms with Crippen LogP contribution in [-0.2, 0) is 15.5 Å². The van der Waals surface area contributed by atoms with Gasteiger partial charge < -0.3 is 10.5 Å². The van der Waals surface area contributed by atoms with Gasteiger partial charge in [-0.15, -0.1) is 0 Å². The number of nitrogens with two attached hydrogens (primary N) is 1. The Morgan fingerprint density at radius 1 is 1.56 bits per heavy atom. The smallest absolute Gasteiger partial charge is 0.141 e. The van der Waals surface area contributed by atoms with E-state index >= 15 is 0 Å². The van der Waals surface area contributed by atoms with Gasteiger partial charge in [0.15, 0.2) is 0 Å². The summed E-state index contributed by atoms with van der Waals surface area (Å²) in [7, 11) is -1.30. The van der Waals surface area contributed by atoms with Crippen molar-refractivity contribution in [2.45, 2.75) is 11.3 Å². The molecule has 1 aromatic carbocycles. The highest BCUT2D eigenvalue weighted by Gasteiger charge is 2.20. The van der Waals surface area contributed by atoms with Crippen molar-refractivity contribution in [3.8, 4) is 0 Å². The van der Waals surface area contributed by atoms with Crippen LogP contribution in [0.15, 0.2) is 23.1 Å². The van der Waals surface area contributed by atoms with Gasteiger partial charge >= 0.3 is 0 Å². The van der Waals surface area contributed by atoms with Crippen LogP contribution in [-0.4, -0.2) is 23.2 Å². The van der Waals surface area contributed by atoms with Gasteiger partial charge in [0.2, 0.25) is 0 Å². The predicted octanol–water partition coefficient (Wildman–Crippen LogP) is 1.55. The van der Waals surface area contributed by atoms with Crippen LogP contribution >= 0.6 is 0 Å². The predicted molar refractivity (Wildman–Crippen MR) is 61.0 cm³/mol. The van der Waals surface area contributed by atoms with E-state index in [-0.39, 0.29) is 10.8 Å². The van der Waals surface area contributed by atoms with E-state index in [4.69, 9.17) is 10.5 Å². The van der Waals surface area contributed by atoms with Gasteiger partial charge in [0.25, 0.3) is 0 Å². The lowest BCUT2D eigenvalue weighted by molar-refractivity contribution is 0.189.